The van der Waals surface area contributed by atoms with Crippen molar-refractivity contribution >= 4 is 23.2 Å². The van der Waals surface area contributed by atoms with E-state index in [2.05, 4.69) is 35.6 Å². The van der Waals surface area contributed by atoms with Crippen LogP contribution in [0.1, 0.15) is 68.4 Å². The number of hydrogen-bond donors (Lipinski definition) is 3. The largest absolute Gasteiger partial charge is 0.349 e. The Morgan fingerprint density at radius 2 is 1.83 bits per heavy atom. The van der Waals surface area contributed by atoms with E-state index in [1.54, 1.807) is 4.52 Å². The minimum Gasteiger partial charge on any atom is -0.349 e. The molecule has 0 radical (unpaired) electrons. The maximum atomic E-state index is 12.2. The van der Waals surface area contributed by atoms with Crippen LogP contribution in [0.3, 0.4) is 0 Å². The van der Waals surface area contributed by atoms with Crippen molar-refractivity contribution in [2.24, 2.45) is 5.73 Å². The average Bonchev–Trinajstić information content (AvgIpc) is 3.60. The lowest BCUT2D eigenvalue weighted by molar-refractivity contribution is 0.0951. The first-order valence-corrected chi connectivity index (χ1v) is 12.8. The molecule has 8 heteroatoms. The number of carbonyl (C=O) groups is 1. The van der Waals surface area contributed by atoms with Crippen LogP contribution in [0.15, 0.2) is 60.9 Å². The molecule has 1 aliphatic rings. The molecule has 1 aliphatic carbocycles. The van der Waals surface area contributed by atoms with E-state index < -0.39 is 5.54 Å². The van der Waals surface area contributed by atoms with E-state index in [1.165, 1.54) is 0 Å². The fourth-order valence-electron chi connectivity index (χ4n) is 4.64. The molecule has 1 amide bonds. The molecular formula is C28H33N7O. The number of rotatable bonds is 10. The molecule has 0 aliphatic heterocycles. The van der Waals surface area contributed by atoms with Gasteiger partial charge in [0.05, 0.1) is 11.2 Å². The zero-order valence-corrected chi connectivity index (χ0v) is 20.9. The monoisotopic (exact) mass is 483 g/mol. The molecule has 8 nitrogen and oxygen atoms in total. The first-order chi connectivity index (χ1) is 17.5. The fraction of sp³-hybridized carbons (Fsp3) is 0.357. The summed E-state index contributed by atoms with van der Waals surface area (Å²) in [6, 6.07) is 15.8. The smallest absolute Gasteiger partial charge is 0.251 e. The Hall–Kier alpha value is -3.78. The highest BCUT2D eigenvalue weighted by atomic mass is 16.1. The van der Waals surface area contributed by atoms with Crippen LogP contribution in [-0.4, -0.2) is 31.5 Å². The Morgan fingerprint density at radius 3 is 2.47 bits per heavy atom. The first kappa shape index (κ1) is 23.9. The third kappa shape index (κ3) is 5.09. The second-order valence-corrected chi connectivity index (χ2v) is 9.66. The number of carbonyl (C=O) groups excluding carboxylic acids is 1. The summed E-state index contributed by atoms with van der Waals surface area (Å²) < 4.78 is 1.75. The zero-order valence-electron chi connectivity index (χ0n) is 20.9. The third-order valence-corrected chi connectivity index (χ3v) is 6.65. The summed E-state index contributed by atoms with van der Waals surface area (Å²) in [6.07, 6.45) is 9.75. The van der Waals surface area contributed by atoms with E-state index in [0.717, 1.165) is 66.7 Å². The predicted molar refractivity (Wildman–Crippen MR) is 142 cm³/mol. The van der Waals surface area contributed by atoms with Gasteiger partial charge in [-0.3, -0.25) is 9.78 Å². The standard InChI is InChI=1S/C28H33N7O/c1-3-15-28(29,16-4-2)24-14-9-20(18-30-24)23-6-5-17-35-25(23)33-27(34-35)32-22-10-7-19(8-11-22)26(36)31-21-12-13-21/h5-11,14,17-18,21H,3-4,12-13,15-16,29H2,1-2H3,(H,31,36)(H,32,34). The lowest BCUT2D eigenvalue weighted by Crippen LogP contribution is -2.37. The molecule has 3 heterocycles. The fourth-order valence-corrected chi connectivity index (χ4v) is 4.64. The molecule has 4 aromatic rings. The van der Waals surface area contributed by atoms with Crippen LogP contribution in [0.5, 0.6) is 0 Å². The van der Waals surface area contributed by atoms with E-state index in [4.69, 9.17) is 15.7 Å². The molecular weight excluding hydrogens is 450 g/mol. The van der Waals surface area contributed by atoms with Crippen molar-refractivity contribution in [1.29, 1.82) is 0 Å². The van der Waals surface area contributed by atoms with E-state index in [9.17, 15) is 4.79 Å². The highest BCUT2D eigenvalue weighted by Gasteiger charge is 2.27. The molecule has 0 spiro atoms. The van der Waals surface area contributed by atoms with Crippen molar-refractivity contribution in [1.82, 2.24) is 24.9 Å². The molecule has 1 saturated carbocycles. The molecule has 0 atom stereocenters. The van der Waals surface area contributed by atoms with Crippen LogP contribution in [0, 0.1) is 0 Å². The molecule has 186 valence electrons. The highest BCUT2D eigenvalue weighted by Crippen LogP contribution is 2.30. The van der Waals surface area contributed by atoms with E-state index in [0.29, 0.717) is 17.6 Å². The normalized spacial score (nSPS) is 13.6. The number of nitrogens with one attached hydrogen (secondary N) is 2. The van der Waals surface area contributed by atoms with Gasteiger partial charge in [0.15, 0.2) is 5.65 Å². The minimum absolute atomic E-state index is 0.0320. The highest BCUT2D eigenvalue weighted by molar-refractivity contribution is 5.95. The Bertz CT molecular complexity index is 1330. The molecule has 1 aromatic carbocycles. The van der Waals surface area contributed by atoms with Crippen molar-refractivity contribution in [3.63, 3.8) is 0 Å². The van der Waals surface area contributed by atoms with Gasteiger partial charge in [0.25, 0.3) is 5.91 Å². The van der Waals surface area contributed by atoms with Crippen molar-refractivity contribution in [3.05, 3.63) is 72.2 Å². The number of nitrogens with two attached hydrogens (primary N) is 1. The lowest BCUT2D eigenvalue weighted by atomic mass is 9.86. The van der Waals surface area contributed by atoms with Gasteiger partial charge < -0.3 is 16.4 Å². The number of anilines is 2. The number of aromatic nitrogens is 4. The maximum Gasteiger partial charge on any atom is 0.251 e. The molecule has 36 heavy (non-hydrogen) atoms. The number of fused-ring (bicyclic) bond motifs is 1. The minimum atomic E-state index is -0.395. The van der Waals surface area contributed by atoms with E-state index >= 15 is 0 Å². The number of hydrogen-bond acceptors (Lipinski definition) is 6. The molecule has 0 saturated heterocycles. The van der Waals surface area contributed by atoms with Gasteiger partial charge in [0, 0.05) is 40.8 Å². The van der Waals surface area contributed by atoms with Crippen LogP contribution in [0.4, 0.5) is 11.6 Å². The van der Waals surface area contributed by atoms with Crippen LogP contribution in [0.2, 0.25) is 0 Å². The second kappa shape index (κ2) is 10.1. The number of pyridine rings is 2. The Kier molecular flexibility index (Phi) is 6.69. The Morgan fingerprint density at radius 1 is 1.08 bits per heavy atom. The first-order valence-electron chi connectivity index (χ1n) is 12.8. The second-order valence-electron chi connectivity index (χ2n) is 9.66. The van der Waals surface area contributed by atoms with Gasteiger partial charge in [-0.25, -0.2) is 4.52 Å². The van der Waals surface area contributed by atoms with Crippen LogP contribution < -0.4 is 16.4 Å². The van der Waals surface area contributed by atoms with E-state index in [1.807, 2.05) is 54.9 Å². The molecule has 1 fully saturated rings. The summed E-state index contributed by atoms with van der Waals surface area (Å²) in [5.41, 5.74) is 11.4. The topological polar surface area (TPSA) is 110 Å². The molecule has 5 rings (SSSR count). The third-order valence-electron chi connectivity index (χ3n) is 6.65. The van der Waals surface area contributed by atoms with Gasteiger partial charge in [-0.1, -0.05) is 32.8 Å². The van der Waals surface area contributed by atoms with Gasteiger partial charge in [0.1, 0.15) is 0 Å². The average molecular weight is 484 g/mol. The van der Waals surface area contributed by atoms with E-state index in [-0.39, 0.29) is 5.91 Å². The van der Waals surface area contributed by atoms with Gasteiger partial charge in [-0.05, 0) is 68.1 Å². The summed E-state index contributed by atoms with van der Waals surface area (Å²) >= 11 is 0. The van der Waals surface area contributed by atoms with Gasteiger partial charge in [-0.15, -0.1) is 5.10 Å². The Labute approximate surface area is 211 Å². The quantitative estimate of drug-likeness (QED) is 0.287. The van der Waals surface area contributed by atoms with Crippen molar-refractivity contribution in [2.75, 3.05) is 5.32 Å². The molecule has 0 bridgehead atoms. The summed E-state index contributed by atoms with van der Waals surface area (Å²) in [4.78, 5) is 21.7. The molecule has 3 aromatic heterocycles. The number of benzene rings is 1. The Balaban J connectivity index is 1.36. The number of nitrogens with zero attached hydrogens (tertiary/aromatic N) is 4. The maximum absolute atomic E-state index is 12.2. The van der Waals surface area contributed by atoms with Gasteiger partial charge >= 0.3 is 0 Å². The van der Waals surface area contributed by atoms with Crippen LogP contribution in [-0.2, 0) is 5.54 Å². The summed E-state index contributed by atoms with van der Waals surface area (Å²) in [5.74, 6) is 0.449. The SMILES string of the molecule is CCCC(N)(CCC)c1ccc(-c2cccn3nc(Nc4ccc(C(=O)NC5CC5)cc4)nc23)cn1. The van der Waals surface area contributed by atoms with Crippen LogP contribution in [0.25, 0.3) is 16.8 Å². The van der Waals surface area contributed by atoms with Crippen molar-refractivity contribution in [3.8, 4) is 11.1 Å². The summed E-state index contributed by atoms with van der Waals surface area (Å²) in [7, 11) is 0. The van der Waals surface area contributed by atoms with Crippen LogP contribution >= 0.6 is 0 Å². The van der Waals surface area contributed by atoms with Crippen molar-refractivity contribution in [2.45, 2.75) is 64.0 Å². The zero-order chi connectivity index (χ0) is 25.1. The summed E-state index contributed by atoms with van der Waals surface area (Å²) in [5, 5.41) is 10.8. The predicted octanol–water partition coefficient (Wildman–Crippen LogP) is 5.18. The lowest BCUT2D eigenvalue weighted by Gasteiger charge is -2.28. The molecule has 0 unspecified atom stereocenters. The summed E-state index contributed by atoms with van der Waals surface area (Å²) in [6.45, 7) is 4.31. The van der Waals surface area contributed by atoms with Gasteiger partial charge in [0.2, 0.25) is 5.95 Å². The van der Waals surface area contributed by atoms with Crippen molar-refractivity contribution < 1.29 is 4.79 Å². The van der Waals surface area contributed by atoms with Gasteiger partial charge in [-0.2, -0.15) is 4.98 Å². The number of amides is 1. The molecule has 4 N–H and O–H groups in total.